The lowest BCUT2D eigenvalue weighted by atomic mass is 9.93. The van der Waals surface area contributed by atoms with Crippen molar-refractivity contribution in [2.75, 3.05) is 0 Å². The standard InChI is InChI=1S/C16H19N3O2/c1-16(2,21-10-20)15(18)6-4-12-9-19-14-5-3-11(8-17)7-13(12)14/h3,5,7,9-10,15,19H,4,6,18H2,1-2H3. The van der Waals surface area contributed by atoms with Crippen LogP contribution in [-0.4, -0.2) is 23.1 Å². The van der Waals surface area contributed by atoms with Crippen molar-refractivity contribution in [3.63, 3.8) is 0 Å². The van der Waals surface area contributed by atoms with E-state index in [1.165, 1.54) is 0 Å². The van der Waals surface area contributed by atoms with E-state index < -0.39 is 5.60 Å². The van der Waals surface area contributed by atoms with Gasteiger partial charge in [-0.05, 0) is 50.5 Å². The monoisotopic (exact) mass is 285 g/mol. The summed E-state index contributed by atoms with van der Waals surface area (Å²) in [6.45, 7) is 4.04. The van der Waals surface area contributed by atoms with Crippen molar-refractivity contribution in [1.82, 2.24) is 4.98 Å². The molecule has 2 rings (SSSR count). The minimum atomic E-state index is -0.689. The van der Waals surface area contributed by atoms with Crippen LogP contribution in [0.1, 0.15) is 31.4 Å². The van der Waals surface area contributed by atoms with Crippen molar-refractivity contribution < 1.29 is 9.53 Å². The van der Waals surface area contributed by atoms with Gasteiger partial charge in [0.25, 0.3) is 6.47 Å². The Morgan fingerprint density at radius 2 is 2.29 bits per heavy atom. The summed E-state index contributed by atoms with van der Waals surface area (Å²) >= 11 is 0. The molecule has 0 aliphatic heterocycles. The van der Waals surface area contributed by atoms with Gasteiger partial charge in [-0.2, -0.15) is 5.26 Å². The first-order valence-electron chi connectivity index (χ1n) is 6.85. The van der Waals surface area contributed by atoms with Crippen molar-refractivity contribution in [3.8, 4) is 6.07 Å². The molecule has 0 bridgehead atoms. The second-order valence-corrected chi connectivity index (χ2v) is 5.65. The fourth-order valence-electron chi connectivity index (χ4n) is 2.32. The van der Waals surface area contributed by atoms with Crippen LogP contribution < -0.4 is 5.73 Å². The number of hydrogen-bond donors (Lipinski definition) is 2. The molecule has 0 spiro atoms. The predicted molar refractivity (Wildman–Crippen MR) is 80.5 cm³/mol. The summed E-state index contributed by atoms with van der Waals surface area (Å²) in [5, 5.41) is 10.0. The van der Waals surface area contributed by atoms with Crippen LogP contribution in [0.4, 0.5) is 0 Å². The maximum absolute atomic E-state index is 10.5. The molecule has 2 aromatic rings. The largest absolute Gasteiger partial charge is 0.460 e. The van der Waals surface area contributed by atoms with Crippen molar-refractivity contribution >= 4 is 17.4 Å². The number of fused-ring (bicyclic) bond motifs is 1. The molecule has 0 aliphatic rings. The van der Waals surface area contributed by atoms with E-state index in [1.54, 1.807) is 19.9 Å². The Hall–Kier alpha value is -2.32. The molecule has 1 aromatic heterocycles. The molecule has 1 aromatic carbocycles. The van der Waals surface area contributed by atoms with Crippen molar-refractivity contribution in [3.05, 3.63) is 35.5 Å². The number of benzene rings is 1. The van der Waals surface area contributed by atoms with Gasteiger partial charge in [0, 0.05) is 23.1 Å². The van der Waals surface area contributed by atoms with Crippen LogP contribution in [0.2, 0.25) is 0 Å². The molecular weight excluding hydrogens is 266 g/mol. The molecular formula is C16H19N3O2. The van der Waals surface area contributed by atoms with Crippen LogP contribution in [0.5, 0.6) is 0 Å². The smallest absolute Gasteiger partial charge is 0.293 e. The number of rotatable bonds is 6. The van der Waals surface area contributed by atoms with E-state index in [-0.39, 0.29) is 6.04 Å². The van der Waals surface area contributed by atoms with Crippen LogP contribution in [0.15, 0.2) is 24.4 Å². The van der Waals surface area contributed by atoms with Gasteiger partial charge in [-0.1, -0.05) is 0 Å². The van der Waals surface area contributed by atoms with E-state index in [4.69, 9.17) is 15.7 Å². The number of aryl methyl sites for hydroxylation is 1. The minimum absolute atomic E-state index is 0.258. The fraction of sp³-hybridized carbons (Fsp3) is 0.375. The van der Waals surface area contributed by atoms with Crippen LogP contribution >= 0.6 is 0 Å². The zero-order valence-electron chi connectivity index (χ0n) is 12.2. The molecule has 5 nitrogen and oxygen atoms in total. The maximum Gasteiger partial charge on any atom is 0.293 e. The summed E-state index contributed by atoms with van der Waals surface area (Å²) in [7, 11) is 0. The Balaban J connectivity index is 2.14. The molecule has 21 heavy (non-hydrogen) atoms. The Bertz CT molecular complexity index is 682. The summed E-state index contributed by atoms with van der Waals surface area (Å²) in [4.78, 5) is 13.7. The average molecular weight is 285 g/mol. The Morgan fingerprint density at radius 1 is 1.52 bits per heavy atom. The van der Waals surface area contributed by atoms with Gasteiger partial charge < -0.3 is 15.5 Å². The summed E-state index contributed by atoms with van der Waals surface area (Å²) < 4.78 is 5.03. The number of aromatic amines is 1. The van der Waals surface area contributed by atoms with E-state index in [1.807, 2.05) is 18.3 Å². The number of carbonyl (C=O) groups is 1. The number of hydrogen-bond acceptors (Lipinski definition) is 4. The van der Waals surface area contributed by atoms with Gasteiger partial charge in [0.2, 0.25) is 0 Å². The first-order chi connectivity index (χ1) is 9.97. The van der Waals surface area contributed by atoms with Gasteiger partial charge in [-0.3, -0.25) is 4.79 Å². The number of H-pyrrole nitrogens is 1. The van der Waals surface area contributed by atoms with Crippen LogP contribution in [0.25, 0.3) is 10.9 Å². The number of ether oxygens (including phenoxy) is 1. The molecule has 110 valence electrons. The second-order valence-electron chi connectivity index (χ2n) is 5.65. The van der Waals surface area contributed by atoms with E-state index in [9.17, 15) is 4.79 Å². The lowest BCUT2D eigenvalue weighted by molar-refractivity contribution is -0.142. The lowest BCUT2D eigenvalue weighted by Gasteiger charge is -2.29. The first-order valence-corrected chi connectivity index (χ1v) is 6.85. The third kappa shape index (κ3) is 3.23. The van der Waals surface area contributed by atoms with Gasteiger partial charge in [0.1, 0.15) is 5.60 Å². The molecule has 3 N–H and O–H groups in total. The van der Waals surface area contributed by atoms with Crippen LogP contribution in [-0.2, 0) is 16.0 Å². The third-order valence-electron chi connectivity index (χ3n) is 3.87. The molecule has 0 amide bonds. The SMILES string of the molecule is CC(C)(OC=O)C(N)CCc1c[nH]c2ccc(C#N)cc12. The van der Waals surface area contributed by atoms with Gasteiger partial charge >= 0.3 is 0 Å². The number of nitrogens with zero attached hydrogens (tertiary/aromatic N) is 1. The van der Waals surface area contributed by atoms with E-state index in [2.05, 4.69) is 11.1 Å². The highest BCUT2D eigenvalue weighted by atomic mass is 16.5. The van der Waals surface area contributed by atoms with E-state index in [0.717, 1.165) is 22.9 Å². The topological polar surface area (TPSA) is 91.9 Å². The molecule has 1 unspecified atom stereocenters. The highest BCUT2D eigenvalue weighted by Crippen LogP contribution is 2.23. The summed E-state index contributed by atoms with van der Waals surface area (Å²) in [5.41, 5.74) is 8.17. The fourth-order valence-corrected chi connectivity index (χ4v) is 2.32. The molecule has 0 saturated carbocycles. The van der Waals surface area contributed by atoms with E-state index in [0.29, 0.717) is 18.5 Å². The highest BCUT2D eigenvalue weighted by Gasteiger charge is 2.27. The number of nitrogens with one attached hydrogen (secondary N) is 1. The summed E-state index contributed by atoms with van der Waals surface area (Å²) in [6.07, 6.45) is 3.37. The van der Waals surface area contributed by atoms with Gasteiger partial charge in [0.05, 0.1) is 11.6 Å². The Labute approximate surface area is 123 Å². The zero-order valence-corrected chi connectivity index (χ0v) is 12.2. The second kappa shape index (κ2) is 5.98. The van der Waals surface area contributed by atoms with Crippen LogP contribution in [0.3, 0.4) is 0 Å². The summed E-state index contributed by atoms with van der Waals surface area (Å²) in [5.74, 6) is 0. The van der Waals surface area contributed by atoms with Crippen molar-refractivity contribution in [1.29, 1.82) is 5.26 Å². The quantitative estimate of drug-likeness (QED) is 0.796. The Kier molecular flexibility index (Phi) is 4.29. The first kappa shape index (κ1) is 15.1. The molecule has 0 radical (unpaired) electrons. The minimum Gasteiger partial charge on any atom is -0.460 e. The van der Waals surface area contributed by atoms with Crippen LogP contribution in [0, 0.1) is 11.3 Å². The molecule has 0 aliphatic carbocycles. The van der Waals surface area contributed by atoms with Crippen molar-refractivity contribution in [2.45, 2.75) is 38.3 Å². The predicted octanol–water partition coefficient (Wildman–Crippen LogP) is 2.25. The third-order valence-corrected chi connectivity index (χ3v) is 3.87. The normalized spacial score (nSPS) is 12.9. The molecule has 1 heterocycles. The number of aromatic nitrogens is 1. The van der Waals surface area contributed by atoms with E-state index >= 15 is 0 Å². The average Bonchev–Trinajstić information content (AvgIpc) is 2.86. The zero-order chi connectivity index (χ0) is 15.5. The van der Waals surface area contributed by atoms with Gasteiger partial charge in [-0.15, -0.1) is 0 Å². The summed E-state index contributed by atoms with van der Waals surface area (Å²) in [6, 6.07) is 7.45. The Morgan fingerprint density at radius 3 is 2.95 bits per heavy atom. The highest BCUT2D eigenvalue weighted by molar-refractivity contribution is 5.84. The van der Waals surface area contributed by atoms with Gasteiger partial charge in [0.15, 0.2) is 0 Å². The molecule has 5 heteroatoms. The molecule has 1 atom stereocenters. The number of carbonyl (C=O) groups excluding carboxylic acids is 1. The lowest BCUT2D eigenvalue weighted by Crippen LogP contribution is -2.45. The number of nitriles is 1. The molecule has 0 fully saturated rings. The maximum atomic E-state index is 10.5. The van der Waals surface area contributed by atoms with Crippen molar-refractivity contribution in [2.24, 2.45) is 5.73 Å². The molecule has 0 saturated heterocycles. The van der Waals surface area contributed by atoms with Gasteiger partial charge in [-0.25, -0.2) is 0 Å². The number of nitrogens with two attached hydrogens (primary N) is 1.